The number of nitrogen functional groups attached to an aromatic ring is 1. The van der Waals surface area contributed by atoms with E-state index in [-0.39, 0.29) is 5.95 Å². The van der Waals surface area contributed by atoms with Crippen LogP contribution in [-0.2, 0) is 6.54 Å². The fourth-order valence-corrected chi connectivity index (χ4v) is 3.65. The van der Waals surface area contributed by atoms with Gasteiger partial charge in [0.05, 0.1) is 24.0 Å². The van der Waals surface area contributed by atoms with Gasteiger partial charge in [-0.25, -0.2) is 28.2 Å². The number of hydrogen-bond acceptors (Lipinski definition) is 5. The molecule has 0 spiro atoms. The molecule has 1 fully saturated rings. The van der Waals surface area contributed by atoms with E-state index in [1.165, 1.54) is 30.3 Å². The summed E-state index contributed by atoms with van der Waals surface area (Å²) in [5, 5.41) is 4.08. The van der Waals surface area contributed by atoms with E-state index in [4.69, 9.17) is 5.73 Å². The smallest absolute Gasteiger partial charge is 0.256 e. The SMILES string of the molecule is CCC1CCC1.Cc1nc2ccc(-c3ccn4nc(N)ncc34)nc2n1CC(F)F. The predicted molar refractivity (Wildman–Crippen MR) is 112 cm³/mol. The van der Waals surface area contributed by atoms with E-state index in [1.807, 2.05) is 6.07 Å². The van der Waals surface area contributed by atoms with Crippen molar-refractivity contribution >= 4 is 22.6 Å². The molecule has 158 valence electrons. The summed E-state index contributed by atoms with van der Waals surface area (Å²) in [6.45, 7) is 3.53. The Labute approximate surface area is 173 Å². The number of imidazole rings is 1. The van der Waals surface area contributed by atoms with Gasteiger partial charge in [-0.3, -0.25) is 0 Å². The number of anilines is 1. The molecular weight excluding hydrogens is 388 g/mol. The summed E-state index contributed by atoms with van der Waals surface area (Å²) in [6, 6.07) is 5.40. The van der Waals surface area contributed by atoms with Crippen molar-refractivity contribution in [1.82, 2.24) is 29.1 Å². The highest BCUT2D eigenvalue weighted by atomic mass is 19.3. The fraction of sp³-hybridized carbons (Fsp3) is 0.429. The van der Waals surface area contributed by atoms with Crippen LogP contribution in [0.15, 0.2) is 30.6 Å². The zero-order valence-corrected chi connectivity index (χ0v) is 17.1. The standard InChI is InChI=1S/C15H13F2N7.C6H12/c1-8-20-11-3-2-10(21-14(11)23(8)7-13(16)17)9-4-5-24-12(9)6-19-15(18)22-24;1-2-6-4-3-5-6/h2-6,13H,7H2,1H3,(H2,18,22);6H,2-5H2,1H3. The van der Waals surface area contributed by atoms with Crippen LogP contribution < -0.4 is 5.73 Å². The lowest BCUT2D eigenvalue weighted by atomic mass is 9.84. The van der Waals surface area contributed by atoms with Gasteiger partial charge in [0.15, 0.2) is 5.65 Å². The summed E-state index contributed by atoms with van der Waals surface area (Å²) in [5.74, 6) is 1.79. The second kappa shape index (κ2) is 8.33. The van der Waals surface area contributed by atoms with Crippen molar-refractivity contribution in [3.05, 3.63) is 36.4 Å². The Hall–Kier alpha value is -3.10. The van der Waals surface area contributed by atoms with Crippen molar-refractivity contribution in [3.8, 4) is 11.3 Å². The number of pyridine rings is 1. The molecule has 0 amide bonds. The number of halogens is 2. The van der Waals surface area contributed by atoms with Crippen LogP contribution in [0.4, 0.5) is 14.7 Å². The molecular formula is C21H25F2N7. The Balaban J connectivity index is 0.000000313. The number of rotatable bonds is 4. The van der Waals surface area contributed by atoms with E-state index in [0.29, 0.717) is 22.7 Å². The molecule has 0 unspecified atom stereocenters. The van der Waals surface area contributed by atoms with Crippen LogP contribution in [0.3, 0.4) is 0 Å². The first-order valence-corrected chi connectivity index (χ1v) is 10.2. The van der Waals surface area contributed by atoms with Gasteiger partial charge in [-0.05, 0) is 31.0 Å². The van der Waals surface area contributed by atoms with Crippen molar-refractivity contribution in [3.63, 3.8) is 0 Å². The van der Waals surface area contributed by atoms with Crippen molar-refractivity contribution in [2.24, 2.45) is 5.92 Å². The Morgan fingerprint density at radius 1 is 1.20 bits per heavy atom. The number of nitrogens with zero attached hydrogens (tertiary/aromatic N) is 6. The predicted octanol–water partition coefficient (Wildman–Crippen LogP) is 4.49. The highest BCUT2D eigenvalue weighted by Crippen LogP contribution is 2.28. The number of fused-ring (bicyclic) bond motifs is 2. The maximum absolute atomic E-state index is 12.8. The van der Waals surface area contributed by atoms with Gasteiger partial charge in [-0.15, -0.1) is 5.10 Å². The largest absolute Gasteiger partial charge is 0.367 e. The topological polar surface area (TPSA) is 86.9 Å². The van der Waals surface area contributed by atoms with Gasteiger partial charge in [0.2, 0.25) is 5.95 Å². The molecule has 4 aromatic rings. The van der Waals surface area contributed by atoms with E-state index >= 15 is 0 Å². The first-order valence-electron chi connectivity index (χ1n) is 10.2. The molecule has 5 rings (SSSR count). The molecule has 0 bridgehead atoms. The minimum Gasteiger partial charge on any atom is -0.367 e. The van der Waals surface area contributed by atoms with Crippen LogP contribution in [0.5, 0.6) is 0 Å². The Bertz CT molecular complexity index is 1160. The summed E-state index contributed by atoms with van der Waals surface area (Å²) in [7, 11) is 0. The van der Waals surface area contributed by atoms with Gasteiger partial charge in [0.25, 0.3) is 6.43 Å². The highest BCUT2D eigenvalue weighted by molar-refractivity contribution is 5.82. The zero-order chi connectivity index (χ0) is 21.3. The first-order chi connectivity index (χ1) is 14.5. The van der Waals surface area contributed by atoms with Gasteiger partial charge in [0, 0.05) is 11.8 Å². The van der Waals surface area contributed by atoms with Gasteiger partial charge >= 0.3 is 0 Å². The molecule has 2 N–H and O–H groups in total. The van der Waals surface area contributed by atoms with E-state index < -0.39 is 13.0 Å². The van der Waals surface area contributed by atoms with Crippen molar-refractivity contribution in [2.45, 2.75) is 52.5 Å². The second-order valence-corrected chi connectivity index (χ2v) is 7.58. The third-order valence-electron chi connectivity index (χ3n) is 5.62. The lowest BCUT2D eigenvalue weighted by Crippen LogP contribution is -2.08. The molecule has 0 radical (unpaired) electrons. The Morgan fingerprint density at radius 2 is 2.00 bits per heavy atom. The van der Waals surface area contributed by atoms with E-state index in [2.05, 4.69) is 27.0 Å². The number of aryl methyl sites for hydroxylation is 1. The van der Waals surface area contributed by atoms with Gasteiger partial charge in [0.1, 0.15) is 11.3 Å². The van der Waals surface area contributed by atoms with Crippen LogP contribution in [0.2, 0.25) is 0 Å². The molecule has 0 saturated heterocycles. The minimum absolute atomic E-state index is 0.165. The molecule has 0 aromatic carbocycles. The molecule has 1 aliphatic rings. The number of hydrogen-bond donors (Lipinski definition) is 1. The normalized spacial score (nSPS) is 14.2. The summed E-state index contributed by atoms with van der Waals surface area (Å²) < 4.78 is 28.7. The number of nitrogens with two attached hydrogens (primary N) is 1. The number of aromatic nitrogens is 6. The molecule has 0 aliphatic heterocycles. The zero-order valence-electron chi connectivity index (χ0n) is 17.1. The van der Waals surface area contributed by atoms with E-state index in [9.17, 15) is 8.78 Å². The van der Waals surface area contributed by atoms with Crippen LogP contribution in [0.1, 0.15) is 38.4 Å². The van der Waals surface area contributed by atoms with Crippen molar-refractivity contribution < 1.29 is 8.78 Å². The summed E-state index contributed by atoms with van der Waals surface area (Å²) in [6.07, 6.45) is 6.81. The third-order valence-corrected chi connectivity index (χ3v) is 5.62. The molecule has 1 saturated carbocycles. The maximum atomic E-state index is 12.8. The van der Waals surface area contributed by atoms with Crippen LogP contribution in [0.25, 0.3) is 27.9 Å². The van der Waals surface area contributed by atoms with Crippen LogP contribution in [-0.4, -0.2) is 35.6 Å². The Kier molecular flexibility index (Phi) is 5.61. The minimum atomic E-state index is -2.47. The number of alkyl halides is 2. The average Bonchev–Trinajstić information content (AvgIpc) is 3.21. The van der Waals surface area contributed by atoms with Gasteiger partial charge in [-0.1, -0.05) is 32.6 Å². The van der Waals surface area contributed by atoms with Gasteiger partial charge < -0.3 is 10.3 Å². The molecule has 9 heteroatoms. The molecule has 7 nitrogen and oxygen atoms in total. The first kappa shape index (κ1) is 20.2. The lowest BCUT2D eigenvalue weighted by Gasteiger charge is -2.22. The van der Waals surface area contributed by atoms with Crippen molar-refractivity contribution in [2.75, 3.05) is 5.73 Å². The quantitative estimate of drug-likeness (QED) is 0.533. The second-order valence-electron chi connectivity index (χ2n) is 7.58. The van der Waals surface area contributed by atoms with Crippen LogP contribution >= 0.6 is 0 Å². The molecule has 4 aromatic heterocycles. The van der Waals surface area contributed by atoms with E-state index in [0.717, 1.165) is 17.0 Å². The van der Waals surface area contributed by atoms with Crippen molar-refractivity contribution in [1.29, 1.82) is 0 Å². The Morgan fingerprint density at radius 3 is 2.63 bits per heavy atom. The third kappa shape index (κ3) is 3.96. The summed E-state index contributed by atoms with van der Waals surface area (Å²) in [5.41, 5.74) is 8.74. The maximum Gasteiger partial charge on any atom is 0.256 e. The lowest BCUT2D eigenvalue weighted by molar-refractivity contribution is 0.127. The molecule has 1 aliphatic carbocycles. The highest BCUT2D eigenvalue weighted by Gasteiger charge is 2.16. The summed E-state index contributed by atoms with van der Waals surface area (Å²) >= 11 is 0. The van der Waals surface area contributed by atoms with Gasteiger partial charge in [-0.2, -0.15) is 0 Å². The monoisotopic (exact) mass is 413 g/mol. The molecule has 4 heterocycles. The molecule has 0 atom stereocenters. The fourth-order valence-electron chi connectivity index (χ4n) is 3.65. The van der Waals surface area contributed by atoms with E-state index in [1.54, 1.807) is 36.0 Å². The van der Waals surface area contributed by atoms with Crippen LogP contribution in [0, 0.1) is 12.8 Å². The molecule has 30 heavy (non-hydrogen) atoms. The average molecular weight is 413 g/mol. The summed E-state index contributed by atoms with van der Waals surface area (Å²) in [4.78, 5) is 12.8.